The number of likely N-dealkylation sites (tertiary alicyclic amines) is 1. The first kappa shape index (κ1) is 14.8. The number of aromatic nitrogens is 3. The second-order valence-electron chi connectivity index (χ2n) is 4.82. The number of alkyl halides is 3. The highest BCUT2D eigenvalue weighted by atomic mass is 19.4. The molecule has 20 heavy (non-hydrogen) atoms. The second kappa shape index (κ2) is 5.80. The lowest BCUT2D eigenvalue weighted by atomic mass is 10.1. The Labute approximate surface area is 114 Å². The molecule has 5 nitrogen and oxygen atoms in total. The van der Waals surface area contributed by atoms with E-state index >= 15 is 0 Å². The van der Waals surface area contributed by atoms with Gasteiger partial charge in [0.15, 0.2) is 5.69 Å². The number of aryl methyl sites for hydroxylation is 1. The highest BCUT2D eigenvalue weighted by molar-refractivity contribution is 5.92. The van der Waals surface area contributed by atoms with Gasteiger partial charge in [0.25, 0.3) is 5.91 Å². The minimum atomic E-state index is -4.40. The summed E-state index contributed by atoms with van der Waals surface area (Å²) < 4.78 is 39.3. The van der Waals surface area contributed by atoms with Crippen LogP contribution in [0.4, 0.5) is 13.2 Å². The minimum absolute atomic E-state index is 0.0250. The number of nitrogens with zero attached hydrogens (tertiary/aromatic N) is 4. The van der Waals surface area contributed by atoms with Gasteiger partial charge < -0.3 is 4.90 Å². The molecule has 0 saturated carbocycles. The van der Waals surface area contributed by atoms with E-state index in [1.54, 1.807) is 6.92 Å². The van der Waals surface area contributed by atoms with Crippen LogP contribution in [-0.4, -0.2) is 44.6 Å². The second-order valence-corrected chi connectivity index (χ2v) is 4.82. The Hall–Kier alpha value is -1.60. The summed E-state index contributed by atoms with van der Waals surface area (Å²) in [7, 11) is 0. The highest BCUT2D eigenvalue weighted by Crippen LogP contribution is 2.31. The highest BCUT2D eigenvalue weighted by Gasteiger charge is 2.46. The first-order chi connectivity index (χ1) is 9.43. The van der Waals surface area contributed by atoms with Gasteiger partial charge in [-0.15, -0.1) is 5.10 Å². The largest absolute Gasteiger partial charge is 0.408 e. The van der Waals surface area contributed by atoms with Gasteiger partial charge in [-0.3, -0.25) is 4.79 Å². The van der Waals surface area contributed by atoms with Crippen LogP contribution in [-0.2, 0) is 6.54 Å². The van der Waals surface area contributed by atoms with Crippen molar-refractivity contribution in [3.8, 4) is 0 Å². The third-order valence-corrected chi connectivity index (χ3v) is 3.43. The Morgan fingerprint density at radius 2 is 2.15 bits per heavy atom. The molecule has 0 spiro atoms. The molecule has 1 atom stereocenters. The van der Waals surface area contributed by atoms with Crippen molar-refractivity contribution in [2.24, 2.45) is 0 Å². The zero-order chi connectivity index (χ0) is 14.8. The summed E-state index contributed by atoms with van der Waals surface area (Å²) in [5.74, 6) is -0.686. The van der Waals surface area contributed by atoms with E-state index in [-0.39, 0.29) is 18.7 Å². The maximum absolute atomic E-state index is 13.1. The van der Waals surface area contributed by atoms with Gasteiger partial charge in [-0.2, -0.15) is 23.1 Å². The lowest BCUT2D eigenvalue weighted by molar-refractivity contribution is -0.177. The molecule has 2 rings (SSSR count). The number of carbonyl (C=O) groups is 1. The number of amides is 1. The molecule has 0 aliphatic carbocycles. The molecule has 1 saturated heterocycles. The zero-order valence-corrected chi connectivity index (χ0v) is 11.2. The van der Waals surface area contributed by atoms with Gasteiger partial charge >= 0.3 is 6.18 Å². The average Bonchev–Trinajstić information content (AvgIpc) is 2.72. The van der Waals surface area contributed by atoms with Gasteiger partial charge in [0.1, 0.15) is 6.04 Å². The molecular weight excluding hydrogens is 273 g/mol. The smallest absolute Gasteiger partial charge is 0.325 e. The molecule has 1 aliphatic heterocycles. The van der Waals surface area contributed by atoms with Crippen molar-refractivity contribution in [2.45, 2.75) is 51.4 Å². The van der Waals surface area contributed by atoms with Crippen molar-refractivity contribution in [2.75, 3.05) is 6.54 Å². The molecule has 2 heterocycles. The summed E-state index contributed by atoms with van der Waals surface area (Å²) in [5.41, 5.74) is -0.0250. The Kier molecular flexibility index (Phi) is 4.29. The standard InChI is InChI=1S/C12H17F3N4O/c1-2-19-16-8-9(17-19)11(20)18-7-5-3-4-6-10(18)12(13,14)15/h8,10H,2-7H2,1H3. The molecule has 1 unspecified atom stereocenters. The first-order valence-corrected chi connectivity index (χ1v) is 6.71. The van der Waals surface area contributed by atoms with Crippen molar-refractivity contribution >= 4 is 5.91 Å². The van der Waals surface area contributed by atoms with E-state index in [2.05, 4.69) is 10.2 Å². The van der Waals surface area contributed by atoms with E-state index in [4.69, 9.17) is 0 Å². The maximum Gasteiger partial charge on any atom is 0.408 e. The summed E-state index contributed by atoms with van der Waals surface area (Å²) in [6.45, 7) is 2.37. The molecule has 112 valence electrons. The van der Waals surface area contributed by atoms with Crippen LogP contribution in [0.3, 0.4) is 0 Å². The van der Waals surface area contributed by atoms with Crippen LogP contribution in [0.15, 0.2) is 6.20 Å². The molecule has 0 radical (unpaired) electrons. The molecule has 0 N–H and O–H groups in total. The van der Waals surface area contributed by atoms with Gasteiger partial charge in [-0.25, -0.2) is 0 Å². The Morgan fingerprint density at radius 1 is 1.40 bits per heavy atom. The predicted octanol–water partition coefficient (Wildman–Crippen LogP) is 2.25. The summed E-state index contributed by atoms with van der Waals surface area (Å²) in [5, 5.41) is 7.74. The molecule has 0 aromatic carbocycles. The molecule has 1 amide bonds. The van der Waals surface area contributed by atoms with Crippen LogP contribution in [0, 0.1) is 0 Å². The number of halogens is 3. The topological polar surface area (TPSA) is 51.0 Å². The predicted molar refractivity (Wildman–Crippen MR) is 65.0 cm³/mol. The fourth-order valence-corrected chi connectivity index (χ4v) is 2.39. The van der Waals surface area contributed by atoms with Crippen molar-refractivity contribution in [3.63, 3.8) is 0 Å². The third kappa shape index (κ3) is 3.10. The van der Waals surface area contributed by atoms with Crippen LogP contribution in [0.25, 0.3) is 0 Å². The van der Waals surface area contributed by atoms with E-state index in [0.717, 1.165) is 4.90 Å². The van der Waals surface area contributed by atoms with E-state index in [1.165, 1.54) is 11.0 Å². The third-order valence-electron chi connectivity index (χ3n) is 3.43. The lowest BCUT2D eigenvalue weighted by Gasteiger charge is -2.30. The lowest BCUT2D eigenvalue weighted by Crippen LogP contribution is -2.48. The summed E-state index contributed by atoms with van der Waals surface area (Å²) in [6.07, 6.45) is -1.45. The van der Waals surface area contributed by atoms with E-state index < -0.39 is 18.1 Å². The number of carbonyl (C=O) groups excluding carboxylic acids is 1. The van der Waals surface area contributed by atoms with E-state index in [9.17, 15) is 18.0 Å². The van der Waals surface area contributed by atoms with E-state index in [1.807, 2.05) is 0 Å². The van der Waals surface area contributed by atoms with Crippen molar-refractivity contribution in [1.82, 2.24) is 19.9 Å². The van der Waals surface area contributed by atoms with Gasteiger partial charge in [-0.1, -0.05) is 12.8 Å². The van der Waals surface area contributed by atoms with Crippen LogP contribution >= 0.6 is 0 Å². The summed E-state index contributed by atoms with van der Waals surface area (Å²) >= 11 is 0. The average molecular weight is 290 g/mol. The van der Waals surface area contributed by atoms with E-state index in [0.29, 0.717) is 25.8 Å². The summed E-state index contributed by atoms with van der Waals surface area (Å²) in [4.78, 5) is 14.4. The monoisotopic (exact) mass is 290 g/mol. The molecule has 0 bridgehead atoms. The molecule has 1 aliphatic rings. The SMILES string of the molecule is CCn1ncc(C(=O)N2CCCCCC2C(F)(F)F)n1. The molecule has 1 aromatic heterocycles. The fourth-order valence-electron chi connectivity index (χ4n) is 2.39. The van der Waals surface area contributed by atoms with Gasteiger partial charge in [0.05, 0.1) is 12.7 Å². The normalized spacial score (nSPS) is 20.8. The maximum atomic E-state index is 13.1. The summed E-state index contributed by atoms with van der Waals surface area (Å²) in [6, 6.07) is -1.72. The van der Waals surface area contributed by atoms with Crippen LogP contribution in [0.1, 0.15) is 43.1 Å². The van der Waals surface area contributed by atoms with Crippen molar-refractivity contribution in [3.05, 3.63) is 11.9 Å². The van der Waals surface area contributed by atoms with Gasteiger partial charge in [-0.05, 0) is 19.8 Å². The Morgan fingerprint density at radius 3 is 2.75 bits per heavy atom. The molecular formula is C12H17F3N4O. The van der Waals surface area contributed by atoms with Crippen LogP contribution in [0.2, 0.25) is 0 Å². The number of rotatable bonds is 2. The molecule has 8 heteroatoms. The van der Waals surface area contributed by atoms with Crippen LogP contribution < -0.4 is 0 Å². The Balaban J connectivity index is 2.23. The van der Waals surface area contributed by atoms with Crippen molar-refractivity contribution in [1.29, 1.82) is 0 Å². The van der Waals surface area contributed by atoms with Gasteiger partial charge in [0.2, 0.25) is 0 Å². The number of hydrogen-bond acceptors (Lipinski definition) is 3. The first-order valence-electron chi connectivity index (χ1n) is 6.71. The van der Waals surface area contributed by atoms with Gasteiger partial charge in [0, 0.05) is 6.54 Å². The molecule has 1 fully saturated rings. The van der Waals surface area contributed by atoms with Crippen LogP contribution in [0.5, 0.6) is 0 Å². The Bertz CT molecular complexity index is 472. The quantitative estimate of drug-likeness (QED) is 0.839. The zero-order valence-electron chi connectivity index (χ0n) is 11.2. The minimum Gasteiger partial charge on any atom is -0.325 e. The van der Waals surface area contributed by atoms with Crippen molar-refractivity contribution < 1.29 is 18.0 Å². The fraction of sp³-hybridized carbons (Fsp3) is 0.750. The molecule has 1 aromatic rings. The number of hydrogen-bond donors (Lipinski definition) is 0.